The van der Waals surface area contributed by atoms with Gasteiger partial charge in [0.25, 0.3) is 0 Å². The van der Waals surface area contributed by atoms with Crippen molar-refractivity contribution in [3.05, 3.63) is 24.3 Å². The maximum absolute atomic E-state index is 2.60. The van der Waals surface area contributed by atoms with E-state index >= 15 is 0 Å². The smallest absolute Gasteiger partial charge is 0.0233 e. The van der Waals surface area contributed by atoms with Crippen molar-refractivity contribution in [2.75, 3.05) is 0 Å². The molecular formula is C32H56. The Bertz CT molecular complexity index is 504. The summed E-state index contributed by atoms with van der Waals surface area (Å²) in [5, 5.41) is 0. The first-order valence-corrected chi connectivity index (χ1v) is 15.1. The maximum atomic E-state index is 2.60. The molecule has 0 heteroatoms. The van der Waals surface area contributed by atoms with Gasteiger partial charge >= 0.3 is 0 Å². The van der Waals surface area contributed by atoms with E-state index in [1.54, 1.807) is 38.5 Å². The lowest BCUT2D eigenvalue weighted by Gasteiger charge is -2.38. The van der Waals surface area contributed by atoms with Gasteiger partial charge in [-0.2, -0.15) is 0 Å². The SMILES string of the molecule is C/C=C/CC[C@H]1CC[C@H](/C=C/CCC2CCC([C@H]3CC[C@H](CCCCC)CC3)CC2)CC1. The van der Waals surface area contributed by atoms with Crippen molar-refractivity contribution in [2.45, 2.75) is 142 Å². The van der Waals surface area contributed by atoms with E-state index in [1.165, 1.54) is 89.9 Å². The predicted octanol–water partition coefficient (Wildman–Crippen LogP) is 10.7. The first kappa shape index (κ1) is 26.1. The van der Waals surface area contributed by atoms with E-state index in [0.717, 1.165) is 35.5 Å². The van der Waals surface area contributed by atoms with Crippen LogP contribution in [0.4, 0.5) is 0 Å². The van der Waals surface area contributed by atoms with Crippen LogP contribution < -0.4 is 0 Å². The van der Waals surface area contributed by atoms with Gasteiger partial charge in [-0.05, 0) is 119 Å². The van der Waals surface area contributed by atoms with Crippen LogP contribution >= 0.6 is 0 Å². The largest absolute Gasteiger partial charge is 0.0917 e. The van der Waals surface area contributed by atoms with Crippen LogP contribution in [0.3, 0.4) is 0 Å². The number of rotatable bonds is 12. The lowest BCUT2D eigenvalue weighted by atomic mass is 9.68. The Hall–Kier alpha value is -0.520. The van der Waals surface area contributed by atoms with Gasteiger partial charge in [0.2, 0.25) is 0 Å². The molecule has 3 aliphatic rings. The molecule has 0 nitrogen and oxygen atoms in total. The molecule has 0 atom stereocenters. The highest BCUT2D eigenvalue weighted by Gasteiger charge is 2.30. The van der Waals surface area contributed by atoms with Crippen molar-refractivity contribution in [3.63, 3.8) is 0 Å². The monoisotopic (exact) mass is 440 g/mol. The summed E-state index contributed by atoms with van der Waals surface area (Å²) in [5.74, 6) is 6.17. The molecule has 0 amide bonds. The van der Waals surface area contributed by atoms with E-state index in [-0.39, 0.29) is 0 Å². The molecule has 0 spiro atoms. The molecule has 0 N–H and O–H groups in total. The summed E-state index contributed by atoms with van der Waals surface area (Å²) in [6, 6.07) is 0. The third kappa shape index (κ3) is 9.38. The molecule has 0 aromatic rings. The van der Waals surface area contributed by atoms with Crippen LogP contribution in [0, 0.1) is 35.5 Å². The fraction of sp³-hybridized carbons (Fsp3) is 0.875. The summed E-state index contributed by atoms with van der Waals surface area (Å²) in [5.41, 5.74) is 0. The third-order valence-electron chi connectivity index (χ3n) is 9.68. The van der Waals surface area contributed by atoms with Crippen LogP contribution in [0.1, 0.15) is 142 Å². The second-order valence-corrected chi connectivity index (χ2v) is 12.0. The Balaban J connectivity index is 1.22. The van der Waals surface area contributed by atoms with Gasteiger partial charge in [0, 0.05) is 0 Å². The Morgan fingerprint density at radius 3 is 1.59 bits per heavy atom. The van der Waals surface area contributed by atoms with Crippen LogP contribution in [-0.4, -0.2) is 0 Å². The maximum Gasteiger partial charge on any atom is -0.0233 e. The minimum atomic E-state index is 0.890. The fourth-order valence-corrected chi connectivity index (χ4v) is 7.37. The summed E-state index contributed by atoms with van der Waals surface area (Å²) < 4.78 is 0. The Labute approximate surface area is 202 Å². The molecule has 0 radical (unpaired) electrons. The van der Waals surface area contributed by atoms with Crippen molar-refractivity contribution < 1.29 is 0 Å². The van der Waals surface area contributed by atoms with E-state index in [9.17, 15) is 0 Å². The van der Waals surface area contributed by atoms with Gasteiger partial charge in [-0.15, -0.1) is 0 Å². The fourth-order valence-electron chi connectivity index (χ4n) is 7.37. The first-order valence-electron chi connectivity index (χ1n) is 15.1. The van der Waals surface area contributed by atoms with Gasteiger partial charge in [-0.3, -0.25) is 0 Å². The van der Waals surface area contributed by atoms with Crippen LogP contribution in [0.15, 0.2) is 24.3 Å². The minimum absolute atomic E-state index is 0.890. The van der Waals surface area contributed by atoms with Crippen LogP contribution in [0.2, 0.25) is 0 Å². The van der Waals surface area contributed by atoms with E-state index in [4.69, 9.17) is 0 Å². The van der Waals surface area contributed by atoms with Gasteiger partial charge < -0.3 is 0 Å². The quantitative estimate of drug-likeness (QED) is 0.209. The van der Waals surface area contributed by atoms with Crippen molar-refractivity contribution >= 4 is 0 Å². The molecule has 3 fully saturated rings. The van der Waals surface area contributed by atoms with Crippen molar-refractivity contribution in [2.24, 2.45) is 35.5 Å². The zero-order valence-electron chi connectivity index (χ0n) is 21.9. The topological polar surface area (TPSA) is 0 Å². The molecule has 0 aromatic carbocycles. The van der Waals surface area contributed by atoms with E-state index < -0.39 is 0 Å². The number of hydrogen-bond donors (Lipinski definition) is 0. The lowest BCUT2D eigenvalue weighted by molar-refractivity contribution is 0.140. The summed E-state index contributed by atoms with van der Waals surface area (Å²) in [6.07, 6.45) is 39.3. The van der Waals surface area contributed by atoms with Crippen LogP contribution in [-0.2, 0) is 0 Å². The van der Waals surface area contributed by atoms with Crippen molar-refractivity contribution in [1.29, 1.82) is 0 Å². The molecule has 32 heavy (non-hydrogen) atoms. The molecule has 0 aliphatic heterocycles. The van der Waals surface area contributed by atoms with Crippen LogP contribution in [0.25, 0.3) is 0 Å². The number of allylic oxidation sites excluding steroid dienone is 4. The van der Waals surface area contributed by atoms with E-state index in [2.05, 4.69) is 38.2 Å². The first-order chi connectivity index (χ1) is 15.8. The molecule has 3 aliphatic carbocycles. The van der Waals surface area contributed by atoms with Gasteiger partial charge in [-0.1, -0.05) is 82.6 Å². The molecule has 0 saturated heterocycles. The molecular weight excluding hydrogens is 384 g/mol. The van der Waals surface area contributed by atoms with Crippen molar-refractivity contribution in [1.82, 2.24) is 0 Å². The second-order valence-electron chi connectivity index (χ2n) is 12.0. The standard InChI is InChI=1S/C32H56/c1-3-5-7-11-27-15-17-28(18-16-27)13-9-10-14-30-21-25-32(26-22-30)31-23-19-29(20-24-31)12-8-6-4-2/h3,5,9,13,27-32H,4,6-8,10-12,14-26H2,1-2H3/b5-3+,13-9+/t27-,28-,29-,30?,31-,32?. The molecule has 0 bridgehead atoms. The molecule has 3 rings (SSSR count). The lowest BCUT2D eigenvalue weighted by Crippen LogP contribution is -2.25. The summed E-state index contributed by atoms with van der Waals surface area (Å²) >= 11 is 0. The van der Waals surface area contributed by atoms with Crippen LogP contribution in [0.5, 0.6) is 0 Å². The Morgan fingerprint density at radius 1 is 0.562 bits per heavy atom. The summed E-state index contributed by atoms with van der Waals surface area (Å²) in [7, 11) is 0. The zero-order chi connectivity index (χ0) is 22.4. The molecule has 0 heterocycles. The van der Waals surface area contributed by atoms with Gasteiger partial charge in [0.05, 0.1) is 0 Å². The molecule has 0 aromatic heterocycles. The van der Waals surface area contributed by atoms with Gasteiger partial charge in [0.15, 0.2) is 0 Å². The average Bonchev–Trinajstić information content (AvgIpc) is 2.84. The Kier molecular flexibility index (Phi) is 12.6. The molecule has 184 valence electrons. The second kappa shape index (κ2) is 15.4. The van der Waals surface area contributed by atoms with E-state index in [0.29, 0.717) is 0 Å². The number of hydrogen-bond acceptors (Lipinski definition) is 0. The molecule has 3 saturated carbocycles. The Morgan fingerprint density at radius 2 is 1.06 bits per heavy atom. The highest BCUT2D eigenvalue weighted by molar-refractivity contribution is 4.92. The number of unbranched alkanes of at least 4 members (excludes halogenated alkanes) is 2. The molecule has 0 unspecified atom stereocenters. The average molecular weight is 441 g/mol. The van der Waals surface area contributed by atoms with Gasteiger partial charge in [0.1, 0.15) is 0 Å². The summed E-state index contributed by atoms with van der Waals surface area (Å²) in [6.45, 7) is 4.48. The normalized spacial score (nSPS) is 34.4. The van der Waals surface area contributed by atoms with Crippen molar-refractivity contribution in [3.8, 4) is 0 Å². The van der Waals surface area contributed by atoms with E-state index in [1.807, 2.05) is 0 Å². The zero-order valence-corrected chi connectivity index (χ0v) is 21.9. The minimum Gasteiger partial charge on any atom is -0.0917 e. The summed E-state index contributed by atoms with van der Waals surface area (Å²) in [4.78, 5) is 0. The third-order valence-corrected chi connectivity index (χ3v) is 9.68. The highest BCUT2D eigenvalue weighted by atomic mass is 14.4. The predicted molar refractivity (Wildman–Crippen MR) is 143 cm³/mol. The highest BCUT2D eigenvalue weighted by Crippen LogP contribution is 2.43. The van der Waals surface area contributed by atoms with Gasteiger partial charge in [-0.25, -0.2) is 0 Å².